The Balaban J connectivity index is 1.55. The summed E-state index contributed by atoms with van der Waals surface area (Å²) in [5.74, 6) is 4.35. The second kappa shape index (κ2) is 5.67. The van der Waals surface area contributed by atoms with Gasteiger partial charge >= 0.3 is 149 Å². The molecule has 8 atom stereocenters. The minimum absolute atomic E-state index is 0.401. The Morgan fingerprint density at radius 1 is 0.833 bits per heavy atom. The summed E-state index contributed by atoms with van der Waals surface area (Å²) < 4.78 is 0. The van der Waals surface area contributed by atoms with Gasteiger partial charge in [-0.3, -0.25) is 0 Å². The molecule has 0 aromatic rings. The van der Waals surface area contributed by atoms with E-state index in [2.05, 4.69) is 27.2 Å². The van der Waals surface area contributed by atoms with Crippen LogP contribution < -0.4 is 0 Å². The van der Waals surface area contributed by atoms with Gasteiger partial charge in [-0.05, 0) is 0 Å². The van der Waals surface area contributed by atoms with Crippen LogP contribution in [0.15, 0.2) is 0 Å². The Morgan fingerprint density at radius 2 is 1.54 bits per heavy atom. The Morgan fingerprint density at radius 3 is 2.25 bits per heavy atom. The maximum absolute atomic E-state index is 10.9. The molecule has 0 unspecified atom stereocenters. The van der Waals surface area contributed by atoms with E-state index in [9.17, 15) is 10.00 Å². The molecule has 4 fully saturated rings. The van der Waals surface area contributed by atoms with Crippen LogP contribution >= 0.6 is 7.49 Å². The average Bonchev–Trinajstić information content (AvgIpc) is 2.83. The minimum atomic E-state index is -2.05. The number of rotatable bonds is 1. The van der Waals surface area contributed by atoms with Crippen molar-refractivity contribution in [2.75, 3.05) is 13.3 Å². The van der Waals surface area contributed by atoms with Crippen LogP contribution in [0.1, 0.15) is 71.6 Å². The van der Waals surface area contributed by atoms with Gasteiger partial charge in [0.15, 0.2) is 0 Å². The number of hydrogen-bond donors (Lipinski definition) is 2. The van der Waals surface area contributed by atoms with Crippen molar-refractivity contribution < 1.29 is 10.00 Å². The Kier molecular flexibility index (Phi) is 4.19. The van der Waals surface area contributed by atoms with Crippen molar-refractivity contribution in [3.05, 3.63) is 0 Å². The second-order valence-electron chi connectivity index (χ2n) is 11.0. The molecule has 0 heterocycles. The van der Waals surface area contributed by atoms with Crippen LogP contribution in [0.25, 0.3) is 0 Å². The van der Waals surface area contributed by atoms with E-state index in [0.717, 1.165) is 42.4 Å². The van der Waals surface area contributed by atoms with E-state index >= 15 is 0 Å². The van der Waals surface area contributed by atoms with Crippen LogP contribution in [0.5, 0.6) is 0 Å². The van der Waals surface area contributed by atoms with Gasteiger partial charge < -0.3 is 0 Å². The summed E-state index contributed by atoms with van der Waals surface area (Å²) in [6.07, 6.45) is 11.4. The predicted molar refractivity (Wildman–Crippen MR) is 104 cm³/mol. The number of fused-ring (bicyclic) bond motifs is 5. The molecule has 2 N–H and O–H groups in total. The molecule has 140 valence electrons. The molecule has 3 heteroatoms. The summed E-state index contributed by atoms with van der Waals surface area (Å²) >= 11 is 0. The molecule has 0 saturated heterocycles. The monoisotopic (exact) mass is 354 g/mol. The first-order chi connectivity index (χ1) is 11.1. The Hall–Kier alpha value is 0.350. The van der Waals surface area contributed by atoms with Crippen molar-refractivity contribution in [3.8, 4) is 0 Å². The van der Waals surface area contributed by atoms with Gasteiger partial charge in [0.05, 0.1) is 0 Å². The molecule has 2 nitrogen and oxygen atoms in total. The topological polar surface area (TPSA) is 40.5 Å². The zero-order chi connectivity index (χ0) is 17.3. The second-order valence-corrected chi connectivity index (χ2v) is 15.0. The summed E-state index contributed by atoms with van der Waals surface area (Å²) in [5.41, 5.74) is 0.626. The quantitative estimate of drug-likeness (QED) is 0.672. The van der Waals surface area contributed by atoms with E-state index in [4.69, 9.17) is 0 Å². The first kappa shape index (κ1) is 17.7. The van der Waals surface area contributed by atoms with Gasteiger partial charge in [0, 0.05) is 0 Å². The van der Waals surface area contributed by atoms with Crippen molar-refractivity contribution in [2.24, 2.45) is 35.0 Å². The third kappa shape index (κ3) is 2.71. The molecule has 4 saturated carbocycles. The van der Waals surface area contributed by atoms with E-state index in [1.54, 1.807) is 0 Å². The number of hydrogen-bond acceptors (Lipinski definition) is 2. The standard InChI is InChI=1S/C21H39O2P/c1-20(22)11-9-15-14(13-20)5-6-17-16(15)10-12-21(2)18(17)7-8-19(21)24(3,4)23/h14-19,22-24H,5-13H2,1-4H3/t14-,15+,16-,17-,18+,19+,20-,21+/m1/s1. The van der Waals surface area contributed by atoms with Crippen LogP contribution in [-0.2, 0) is 0 Å². The molecule has 0 aromatic heterocycles. The first-order valence-electron chi connectivity index (χ1n) is 10.6. The van der Waals surface area contributed by atoms with E-state index in [0.29, 0.717) is 11.1 Å². The molecule has 0 bridgehead atoms. The molecular formula is C21H39O2P. The average molecular weight is 355 g/mol. The van der Waals surface area contributed by atoms with E-state index in [1.165, 1.54) is 44.9 Å². The zero-order valence-electron chi connectivity index (χ0n) is 16.2. The third-order valence-corrected chi connectivity index (χ3v) is 11.7. The van der Waals surface area contributed by atoms with Gasteiger partial charge in [0.25, 0.3) is 0 Å². The fraction of sp³-hybridized carbons (Fsp3) is 1.00. The Labute approximate surface area is 149 Å². The number of aliphatic hydroxyl groups is 1. The van der Waals surface area contributed by atoms with E-state index in [-0.39, 0.29) is 0 Å². The Bertz CT molecular complexity index is 497. The van der Waals surface area contributed by atoms with Crippen LogP contribution in [0.3, 0.4) is 0 Å². The summed E-state index contributed by atoms with van der Waals surface area (Å²) in [7, 11) is -2.05. The van der Waals surface area contributed by atoms with Gasteiger partial charge in [-0.1, -0.05) is 0 Å². The molecule has 0 radical (unpaired) electrons. The van der Waals surface area contributed by atoms with Gasteiger partial charge in [-0.15, -0.1) is 0 Å². The van der Waals surface area contributed by atoms with Crippen molar-refractivity contribution in [3.63, 3.8) is 0 Å². The molecule has 4 aliphatic carbocycles. The first-order valence-corrected chi connectivity index (χ1v) is 13.6. The molecular weight excluding hydrogens is 315 g/mol. The third-order valence-electron chi connectivity index (χ3n) is 9.09. The van der Waals surface area contributed by atoms with E-state index < -0.39 is 13.1 Å². The van der Waals surface area contributed by atoms with Gasteiger partial charge in [0.2, 0.25) is 0 Å². The molecule has 4 aliphatic rings. The van der Waals surface area contributed by atoms with Gasteiger partial charge in [-0.2, -0.15) is 0 Å². The fourth-order valence-corrected chi connectivity index (χ4v) is 11.1. The van der Waals surface area contributed by atoms with Crippen LogP contribution in [0.4, 0.5) is 0 Å². The molecule has 0 spiro atoms. The SMILES string of the molecule is C[C@@]1(O)CC[C@H]2[C@H](CC[C@@H]3[C@@H]2CC[C@@]2(C)[C@H]3CC[C@@H]2[PH](C)(C)O)C1. The molecule has 4 rings (SSSR count). The normalized spacial score (nSPS) is 55.4. The maximum atomic E-state index is 10.9. The predicted octanol–water partition coefficient (Wildman–Crippen LogP) is 4.68. The van der Waals surface area contributed by atoms with Crippen LogP contribution in [-0.4, -0.2) is 34.6 Å². The summed E-state index contributed by atoms with van der Waals surface area (Å²) in [6.45, 7) is 8.95. The van der Waals surface area contributed by atoms with Crippen molar-refractivity contribution >= 4 is 7.49 Å². The van der Waals surface area contributed by atoms with Crippen molar-refractivity contribution in [1.29, 1.82) is 0 Å². The summed E-state index contributed by atoms with van der Waals surface area (Å²) in [5, 5.41) is 10.5. The van der Waals surface area contributed by atoms with Gasteiger partial charge in [0.1, 0.15) is 0 Å². The molecule has 24 heavy (non-hydrogen) atoms. The summed E-state index contributed by atoms with van der Waals surface area (Å²) in [6, 6.07) is 0. The van der Waals surface area contributed by atoms with Gasteiger partial charge in [-0.25, -0.2) is 0 Å². The van der Waals surface area contributed by atoms with Crippen LogP contribution in [0, 0.1) is 35.0 Å². The molecule has 0 amide bonds. The van der Waals surface area contributed by atoms with Crippen molar-refractivity contribution in [1.82, 2.24) is 0 Å². The van der Waals surface area contributed by atoms with Crippen LogP contribution in [0.2, 0.25) is 0 Å². The molecule has 0 aromatic carbocycles. The molecule has 0 aliphatic heterocycles. The zero-order valence-corrected chi connectivity index (χ0v) is 17.2. The fourth-order valence-electron chi connectivity index (χ4n) is 8.24. The summed E-state index contributed by atoms with van der Waals surface area (Å²) in [4.78, 5) is 10.9. The van der Waals surface area contributed by atoms with E-state index in [1.807, 2.05) is 0 Å². The van der Waals surface area contributed by atoms with Crippen molar-refractivity contribution in [2.45, 2.75) is 82.9 Å².